The lowest BCUT2D eigenvalue weighted by molar-refractivity contribution is 0.282. The summed E-state index contributed by atoms with van der Waals surface area (Å²) >= 11 is 0. The van der Waals surface area contributed by atoms with Crippen molar-refractivity contribution >= 4 is 10.2 Å². The molecular weight excluding hydrogens is 286 g/mol. The summed E-state index contributed by atoms with van der Waals surface area (Å²) in [5.74, 6) is 0. The molecule has 0 heterocycles. The fourth-order valence-electron chi connectivity index (χ4n) is 2.76. The highest BCUT2D eigenvalue weighted by Crippen LogP contribution is 2.23. The Labute approximate surface area is 127 Å². The van der Waals surface area contributed by atoms with E-state index in [1.807, 2.05) is 30.3 Å². The Hall–Kier alpha value is -0.950. The third-order valence-corrected chi connectivity index (χ3v) is 5.77. The average Bonchev–Trinajstić information content (AvgIpc) is 2.53. The van der Waals surface area contributed by atoms with Crippen LogP contribution in [0.2, 0.25) is 0 Å². The molecule has 1 fully saturated rings. The zero-order chi connectivity index (χ0) is 15.3. The van der Waals surface area contributed by atoms with Gasteiger partial charge in [0.1, 0.15) is 0 Å². The first kappa shape index (κ1) is 16.4. The average molecular weight is 311 g/mol. The topological polar surface area (TPSA) is 75.4 Å². The molecule has 0 radical (unpaired) electrons. The van der Waals surface area contributed by atoms with E-state index < -0.39 is 10.2 Å². The van der Waals surface area contributed by atoms with Crippen LogP contribution in [0.15, 0.2) is 30.3 Å². The third-order valence-electron chi connectivity index (χ3n) is 4.18. The molecule has 2 rings (SSSR count). The Morgan fingerprint density at radius 1 is 1.24 bits per heavy atom. The largest absolute Gasteiger partial charge is 0.323 e. The molecule has 1 aliphatic carbocycles. The minimum atomic E-state index is -3.46. The van der Waals surface area contributed by atoms with Crippen LogP contribution < -0.4 is 10.5 Å². The second kappa shape index (κ2) is 7.35. The van der Waals surface area contributed by atoms with Gasteiger partial charge in [-0.2, -0.15) is 12.7 Å². The Balaban J connectivity index is 1.91. The standard InChI is InChI=1S/C15H25N3O2S/c1-18(14-10-6-3-7-11-14)21(19,20)17-12-15(16)13-8-4-2-5-9-13/h2,4-5,8-9,14-15,17H,3,6-7,10-12,16H2,1H3. The first-order chi connectivity index (χ1) is 10.0. The number of nitrogens with two attached hydrogens (primary N) is 1. The van der Waals surface area contributed by atoms with E-state index in [9.17, 15) is 8.42 Å². The Morgan fingerprint density at radius 2 is 1.86 bits per heavy atom. The van der Waals surface area contributed by atoms with Crippen molar-refractivity contribution in [2.45, 2.75) is 44.2 Å². The number of hydrogen-bond donors (Lipinski definition) is 2. The van der Waals surface area contributed by atoms with E-state index in [0.717, 1.165) is 31.2 Å². The first-order valence-corrected chi connectivity index (χ1v) is 8.98. The molecule has 1 saturated carbocycles. The van der Waals surface area contributed by atoms with E-state index >= 15 is 0 Å². The van der Waals surface area contributed by atoms with E-state index in [2.05, 4.69) is 4.72 Å². The summed E-state index contributed by atoms with van der Waals surface area (Å²) in [6, 6.07) is 9.31. The number of nitrogens with one attached hydrogen (secondary N) is 1. The summed E-state index contributed by atoms with van der Waals surface area (Å²) in [5.41, 5.74) is 6.97. The lowest BCUT2D eigenvalue weighted by Gasteiger charge is -2.30. The second-order valence-electron chi connectivity index (χ2n) is 5.68. The summed E-state index contributed by atoms with van der Waals surface area (Å²) in [6.07, 6.45) is 5.31. The minimum Gasteiger partial charge on any atom is -0.323 e. The van der Waals surface area contributed by atoms with Gasteiger partial charge in [0, 0.05) is 25.7 Å². The van der Waals surface area contributed by atoms with Crippen LogP contribution >= 0.6 is 0 Å². The highest BCUT2D eigenvalue weighted by Gasteiger charge is 2.27. The molecule has 0 saturated heterocycles. The predicted molar refractivity (Wildman–Crippen MR) is 84.9 cm³/mol. The molecule has 5 nitrogen and oxygen atoms in total. The van der Waals surface area contributed by atoms with Gasteiger partial charge in [0.15, 0.2) is 0 Å². The fraction of sp³-hybridized carbons (Fsp3) is 0.600. The fourth-order valence-corrected chi connectivity index (χ4v) is 3.95. The number of nitrogens with zero attached hydrogens (tertiary/aromatic N) is 1. The monoisotopic (exact) mass is 311 g/mol. The summed E-state index contributed by atoms with van der Waals surface area (Å²) in [5, 5.41) is 0. The SMILES string of the molecule is CN(C1CCCCC1)S(=O)(=O)NCC(N)c1ccccc1. The number of benzene rings is 1. The molecule has 6 heteroatoms. The van der Waals surface area contributed by atoms with Crippen molar-refractivity contribution < 1.29 is 8.42 Å². The molecule has 0 bridgehead atoms. The maximum atomic E-state index is 12.3. The molecule has 118 valence electrons. The van der Waals surface area contributed by atoms with E-state index in [-0.39, 0.29) is 18.6 Å². The van der Waals surface area contributed by atoms with Gasteiger partial charge < -0.3 is 5.73 Å². The van der Waals surface area contributed by atoms with Crippen LogP contribution in [0.5, 0.6) is 0 Å². The van der Waals surface area contributed by atoms with Crippen LogP contribution in [0.25, 0.3) is 0 Å². The van der Waals surface area contributed by atoms with Gasteiger partial charge in [-0.25, -0.2) is 4.72 Å². The molecule has 1 atom stereocenters. The van der Waals surface area contributed by atoms with E-state index in [4.69, 9.17) is 5.73 Å². The normalized spacial score (nSPS) is 18.8. The van der Waals surface area contributed by atoms with Crippen LogP contribution in [0.1, 0.15) is 43.7 Å². The number of rotatable bonds is 6. The lowest BCUT2D eigenvalue weighted by Crippen LogP contribution is -2.46. The minimum absolute atomic E-state index is 0.115. The highest BCUT2D eigenvalue weighted by molar-refractivity contribution is 7.87. The van der Waals surface area contributed by atoms with Crippen molar-refractivity contribution in [3.05, 3.63) is 35.9 Å². The molecule has 0 amide bonds. The van der Waals surface area contributed by atoms with Crippen molar-refractivity contribution in [3.8, 4) is 0 Å². The second-order valence-corrected chi connectivity index (χ2v) is 7.49. The van der Waals surface area contributed by atoms with Crippen LogP contribution in [0.4, 0.5) is 0 Å². The lowest BCUT2D eigenvalue weighted by atomic mass is 9.96. The van der Waals surface area contributed by atoms with Crippen LogP contribution in [0, 0.1) is 0 Å². The van der Waals surface area contributed by atoms with E-state index in [1.54, 1.807) is 7.05 Å². The Morgan fingerprint density at radius 3 is 2.48 bits per heavy atom. The van der Waals surface area contributed by atoms with Crippen molar-refractivity contribution in [2.24, 2.45) is 5.73 Å². The Kier molecular flexibility index (Phi) is 5.75. The molecule has 0 spiro atoms. The van der Waals surface area contributed by atoms with Crippen LogP contribution in [-0.4, -0.2) is 32.4 Å². The number of hydrogen-bond acceptors (Lipinski definition) is 3. The summed E-state index contributed by atoms with van der Waals surface area (Å²) in [4.78, 5) is 0. The first-order valence-electron chi connectivity index (χ1n) is 7.54. The molecule has 0 aliphatic heterocycles. The van der Waals surface area contributed by atoms with Gasteiger partial charge in [-0.15, -0.1) is 0 Å². The summed E-state index contributed by atoms with van der Waals surface area (Å²) in [7, 11) is -1.80. The third kappa shape index (κ3) is 4.51. The van der Waals surface area contributed by atoms with E-state index in [0.29, 0.717) is 0 Å². The molecule has 1 unspecified atom stereocenters. The van der Waals surface area contributed by atoms with E-state index in [1.165, 1.54) is 10.7 Å². The summed E-state index contributed by atoms with van der Waals surface area (Å²) in [6.45, 7) is 0.212. The van der Waals surface area contributed by atoms with Gasteiger partial charge in [0.05, 0.1) is 0 Å². The van der Waals surface area contributed by atoms with Gasteiger partial charge in [0.2, 0.25) is 0 Å². The molecule has 1 aliphatic rings. The quantitative estimate of drug-likeness (QED) is 0.841. The van der Waals surface area contributed by atoms with Gasteiger partial charge >= 0.3 is 0 Å². The van der Waals surface area contributed by atoms with Crippen molar-refractivity contribution in [1.29, 1.82) is 0 Å². The highest BCUT2D eigenvalue weighted by atomic mass is 32.2. The van der Waals surface area contributed by atoms with Gasteiger partial charge in [-0.1, -0.05) is 49.6 Å². The molecule has 21 heavy (non-hydrogen) atoms. The maximum absolute atomic E-state index is 12.3. The molecular formula is C15H25N3O2S. The Bertz CT molecular complexity index is 527. The molecule has 1 aromatic rings. The van der Waals surface area contributed by atoms with Crippen LogP contribution in [0.3, 0.4) is 0 Å². The molecule has 0 aromatic heterocycles. The molecule has 3 N–H and O–H groups in total. The van der Waals surface area contributed by atoms with Gasteiger partial charge in [-0.05, 0) is 18.4 Å². The van der Waals surface area contributed by atoms with Crippen LogP contribution in [-0.2, 0) is 10.2 Å². The predicted octanol–water partition coefficient (Wildman–Crippen LogP) is 1.79. The van der Waals surface area contributed by atoms with Crippen molar-refractivity contribution in [1.82, 2.24) is 9.03 Å². The maximum Gasteiger partial charge on any atom is 0.279 e. The van der Waals surface area contributed by atoms with Gasteiger partial charge in [-0.3, -0.25) is 0 Å². The summed E-state index contributed by atoms with van der Waals surface area (Å²) < 4.78 is 28.8. The van der Waals surface area contributed by atoms with Gasteiger partial charge in [0.25, 0.3) is 10.2 Å². The smallest absolute Gasteiger partial charge is 0.279 e. The van der Waals surface area contributed by atoms with Crippen molar-refractivity contribution in [2.75, 3.05) is 13.6 Å². The van der Waals surface area contributed by atoms with Crippen molar-refractivity contribution in [3.63, 3.8) is 0 Å². The zero-order valence-corrected chi connectivity index (χ0v) is 13.3. The molecule has 1 aromatic carbocycles. The zero-order valence-electron chi connectivity index (χ0n) is 12.5.